The van der Waals surface area contributed by atoms with Crippen molar-refractivity contribution < 1.29 is 14.3 Å². The molecule has 0 aromatic heterocycles. The van der Waals surface area contributed by atoms with Gasteiger partial charge in [-0.1, -0.05) is 23.7 Å². The van der Waals surface area contributed by atoms with Gasteiger partial charge in [0.05, 0.1) is 19.2 Å². The number of aryl methyl sites for hydroxylation is 1. The first-order valence-corrected chi connectivity index (χ1v) is 6.48. The van der Waals surface area contributed by atoms with E-state index in [4.69, 9.17) is 21.1 Å². The van der Waals surface area contributed by atoms with Crippen molar-refractivity contribution >= 4 is 17.4 Å². The largest absolute Gasteiger partial charge is 0.493 e. The number of rotatable bonds is 4. The molecule has 0 aliphatic rings. The van der Waals surface area contributed by atoms with Crippen molar-refractivity contribution in [3.63, 3.8) is 0 Å². The van der Waals surface area contributed by atoms with Crippen molar-refractivity contribution in [2.75, 3.05) is 14.2 Å². The highest BCUT2D eigenvalue weighted by molar-refractivity contribution is 6.35. The van der Waals surface area contributed by atoms with Gasteiger partial charge in [-0.15, -0.1) is 0 Å². The molecule has 104 valence electrons. The number of hydrogen-bond donors (Lipinski definition) is 0. The maximum absolute atomic E-state index is 12.6. The molecule has 0 spiro atoms. The Hall–Kier alpha value is -2.00. The van der Waals surface area contributed by atoms with Gasteiger partial charge in [-0.3, -0.25) is 4.79 Å². The highest BCUT2D eigenvalue weighted by Crippen LogP contribution is 2.32. The molecule has 0 amide bonds. The third-order valence-electron chi connectivity index (χ3n) is 3.09. The highest BCUT2D eigenvalue weighted by atomic mass is 35.5. The van der Waals surface area contributed by atoms with Gasteiger partial charge >= 0.3 is 0 Å². The zero-order valence-electron chi connectivity index (χ0n) is 11.6. The lowest BCUT2D eigenvalue weighted by molar-refractivity contribution is 0.103. The van der Waals surface area contributed by atoms with Gasteiger partial charge in [0.15, 0.2) is 17.3 Å². The van der Waals surface area contributed by atoms with Crippen LogP contribution in [-0.4, -0.2) is 20.0 Å². The average Bonchev–Trinajstić information content (AvgIpc) is 2.46. The van der Waals surface area contributed by atoms with Gasteiger partial charge in [0, 0.05) is 11.1 Å². The van der Waals surface area contributed by atoms with Crippen LogP contribution in [0.15, 0.2) is 36.4 Å². The van der Waals surface area contributed by atoms with Crippen LogP contribution in [0.2, 0.25) is 5.02 Å². The number of hydrogen-bond acceptors (Lipinski definition) is 3. The number of ether oxygens (including phenoxy) is 2. The average molecular weight is 291 g/mol. The lowest BCUT2D eigenvalue weighted by Crippen LogP contribution is -2.05. The Labute approximate surface area is 123 Å². The first-order valence-electron chi connectivity index (χ1n) is 6.10. The molecule has 20 heavy (non-hydrogen) atoms. The third-order valence-corrected chi connectivity index (χ3v) is 3.42. The summed E-state index contributed by atoms with van der Waals surface area (Å²) < 4.78 is 10.5. The topological polar surface area (TPSA) is 35.5 Å². The zero-order valence-corrected chi connectivity index (χ0v) is 12.3. The van der Waals surface area contributed by atoms with E-state index in [2.05, 4.69) is 0 Å². The van der Waals surface area contributed by atoms with Crippen LogP contribution in [-0.2, 0) is 0 Å². The Morgan fingerprint density at radius 1 is 1.00 bits per heavy atom. The van der Waals surface area contributed by atoms with Crippen molar-refractivity contribution in [1.29, 1.82) is 0 Å². The van der Waals surface area contributed by atoms with Crippen molar-refractivity contribution in [3.8, 4) is 11.5 Å². The third kappa shape index (κ3) is 2.63. The maximum atomic E-state index is 12.6. The van der Waals surface area contributed by atoms with E-state index in [0.717, 1.165) is 5.56 Å². The zero-order chi connectivity index (χ0) is 14.7. The molecule has 0 aliphatic carbocycles. The van der Waals surface area contributed by atoms with Crippen LogP contribution in [0.3, 0.4) is 0 Å². The molecule has 4 heteroatoms. The fourth-order valence-corrected chi connectivity index (χ4v) is 2.24. The second-order valence-corrected chi connectivity index (χ2v) is 4.74. The minimum absolute atomic E-state index is 0.131. The Morgan fingerprint density at radius 2 is 1.60 bits per heavy atom. The van der Waals surface area contributed by atoms with E-state index in [9.17, 15) is 4.79 Å². The standard InChI is InChI=1S/C16H15ClO3/c1-10-8-14(19-2)15(20-3)9-12(10)16(18)11-6-4-5-7-13(11)17/h4-9H,1-3H3. The molecule has 2 rings (SSSR count). The van der Waals surface area contributed by atoms with Gasteiger partial charge < -0.3 is 9.47 Å². The molecule has 0 atom stereocenters. The summed E-state index contributed by atoms with van der Waals surface area (Å²) in [6.07, 6.45) is 0. The fraction of sp³-hybridized carbons (Fsp3) is 0.188. The molecular formula is C16H15ClO3. The SMILES string of the molecule is COc1cc(C)c(C(=O)c2ccccc2Cl)cc1OC. The molecule has 0 radical (unpaired) electrons. The van der Waals surface area contributed by atoms with Crippen LogP contribution in [0.25, 0.3) is 0 Å². The first-order chi connectivity index (χ1) is 9.58. The molecule has 2 aromatic carbocycles. The number of benzene rings is 2. The summed E-state index contributed by atoms with van der Waals surface area (Å²) in [5.41, 5.74) is 1.84. The van der Waals surface area contributed by atoms with E-state index in [1.165, 1.54) is 7.11 Å². The fourth-order valence-electron chi connectivity index (χ4n) is 2.02. The number of carbonyl (C=O) groups is 1. The molecule has 0 N–H and O–H groups in total. The predicted octanol–water partition coefficient (Wildman–Crippen LogP) is 3.90. The first kappa shape index (κ1) is 14.4. The second kappa shape index (κ2) is 5.97. The molecule has 3 nitrogen and oxygen atoms in total. The van der Waals surface area contributed by atoms with Gasteiger partial charge in [-0.2, -0.15) is 0 Å². The molecule has 0 aliphatic heterocycles. The summed E-state index contributed by atoms with van der Waals surface area (Å²) >= 11 is 6.08. The minimum atomic E-state index is -0.131. The Bertz CT molecular complexity index is 650. The van der Waals surface area contributed by atoms with E-state index in [1.807, 2.05) is 6.92 Å². The summed E-state index contributed by atoms with van der Waals surface area (Å²) in [7, 11) is 3.10. The van der Waals surface area contributed by atoms with E-state index in [1.54, 1.807) is 43.5 Å². The quantitative estimate of drug-likeness (QED) is 0.801. The smallest absolute Gasteiger partial charge is 0.194 e. The summed E-state index contributed by atoms with van der Waals surface area (Å²) in [4.78, 5) is 12.6. The molecule has 2 aromatic rings. The Morgan fingerprint density at radius 3 is 2.20 bits per heavy atom. The summed E-state index contributed by atoms with van der Waals surface area (Å²) in [5, 5.41) is 0.437. The summed E-state index contributed by atoms with van der Waals surface area (Å²) in [5.74, 6) is 0.989. The van der Waals surface area contributed by atoms with Gasteiger partial charge in [0.2, 0.25) is 0 Å². The summed E-state index contributed by atoms with van der Waals surface area (Å²) in [6.45, 7) is 1.85. The van der Waals surface area contributed by atoms with Crippen LogP contribution in [0.1, 0.15) is 21.5 Å². The van der Waals surface area contributed by atoms with E-state index >= 15 is 0 Å². The monoisotopic (exact) mass is 290 g/mol. The van der Waals surface area contributed by atoms with Gasteiger partial charge in [-0.25, -0.2) is 0 Å². The molecule has 0 unspecified atom stereocenters. The van der Waals surface area contributed by atoms with Crippen molar-refractivity contribution in [2.45, 2.75) is 6.92 Å². The molecule has 0 bridgehead atoms. The molecule has 0 saturated carbocycles. The number of ketones is 1. The lowest BCUT2D eigenvalue weighted by Gasteiger charge is -2.12. The van der Waals surface area contributed by atoms with E-state index in [-0.39, 0.29) is 5.78 Å². The normalized spacial score (nSPS) is 10.2. The molecular weight excluding hydrogens is 276 g/mol. The van der Waals surface area contributed by atoms with Crippen molar-refractivity contribution in [3.05, 3.63) is 58.1 Å². The minimum Gasteiger partial charge on any atom is -0.493 e. The predicted molar refractivity (Wildman–Crippen MR) is 79.2 cm³/mol. The van der Waals surface area contributed by atoms with Crippen LogP contribution in [0, 0.1) is 6.92 Å². The van der Waals surface area contributed by atoms with E-state index < -0.39 is 0 Å². The highest BCUT2D eigenvalue weighted by Gasteiger charge is 2.17. The Kier molecular flexibility index (Phi) is 4.30. The maximum Gasteiger partial charge on any atom is 0.194 e. The van der Waals surface area contributed by atoms with Crippen molar-refractivity contribution in [2.24, 2.45) is 0 Å². The van der Waals surface area contributed by atoms with Crippen LogP contribution >= 0.6 is 11.6 Å². The second-order valence-electron chi connectivity index (χ2n) is 4.33. The lowest BCUT2D eigenvalue weighted by atomic mass is 9.98. The van der Waals surface area contributed by atoms with Gasteiger partial charge in [0.1, 0.15) is 0 Å². The Balaban J connectivity index is 2.53. The van der Waals surface area contributed by atoms with Crippen LogP contribution in [0.5, 0.6) is 11.5 Å². The number of halogens is 1. The molecule has 0 heterocycles. The number of carbonyl (C=O) groups excluding carboxylic acids is 1. The van der Waals surface area contributed by atoms with Crippen LogP contribution in [0.4, 0.5) is 0 Å². The number of methoxy groups -OCH3 is 2. The van der Waals surface area contributed by atoms with Gasteiger partial charge in [0.25, 0.3) is 0 Å². The van der Waals surface area contributed by atoms with Crippen molar-refractivity contribution in [1.82, 2.24) is 0 Å². The van der Waals surface area contributed by atoms with Crippen LogP contribution < -0.4 is 9.47 Å². The summed E-state index contributed by atoms with van der Waals surface area (Å²) in [6, 6.07) is 10.4. The van der Waals surface area contributed by atoms with Gasteiger partial charge in [-0.05, 0) is 36.8 Å². The molecule has 0 fully saturated rings. The van der Waals surface area contributed by atoms with E-state index in [0.29, 0.717) is 27.6 Å². The molecule has 0 saturated heterocycles.